The standard InChI is InChI=1S/C15H16N4OS/c1-3-10-11(8-19(2)18-10)17-15(20)14-13(16)9-6-4-5-7-12(9)21-14/h4-8H,3,16H2,1-2H3,(H,17,20). The van der Waals surface area contributed by atoms with Gasteiger partial charge in [0.05, 0.1) is 17.1 Å². The minimum absolute atomic E-state index is 0.184. The van der Waals surface area contributed by atoms with Gasteiger partial charge in [0, 0.05) is 23.3 Å². The molecule has 21 heavy (non-hydrogen) atoms. The van der Waals surface area contributed by atoms with Crippen LogP contribution in [0.3, 0.4) is 0 Å². The maximum atomic E-state index is 12.5. The van der Waals surface area contributed by atoms with E-state index in [1.165, 1.54) is 11.3 Å². The van der Waals surface area contributed by atoms with E-state index in [9.17, 15) is 4.79 Å². The van der Waals surface area contributed by atoms with Crippen molar-refractivity contribution >= 4 is 38.7 Å². The fourth-order valence-electron chi connectivity index (χ4n) is 2.31. The van der Waals surface area contributed by atoms with Gasteiger partial charge >= 0.3 is 0 Å². The van der Waals surface area contributed by atoms with Gasteiger partial charge in [-0.3, -0.25) is 9.48 Å². The second-order valence-electron chi connectivity index (χ2n) is 4.81. The van der Waals surface area contributed by atoms with Crippen molar-refractivity contribution < 1.29 is 4.79 Å². The summed E-state index contributed by atoms with van der Waals surface area (Å²) in [6.45, 7) is 2.01. The highest BCUT2D eigenvalue weighted by atomic mass is 32.1. The van der Waals surface area contributed by atoms with Crippen molar-refractivity contribution in [3.05, 3.63) is 41.0 Å². The van der Waals surface area contributed by atoms with Crippen molar-refractivity contribution in [3.8, 4) is 0 Å². The lowest BCUT2D eigenvalue weighted by Gasteiger charge is -2.03. The van der Waals surface area contributed by atoms with E-state index in [0.29, 0.717) is 10.6 Å². The van der Waals surface area contributed by atoms with Gasteiger partial charge in [-0.15, -0.1) is 11.3 Å². The zero-order chi connectivity index (χ0) is 15.0. The van der Waals surface area contributed by atoms with Crippen molar-refractivity contribution in [2.45, 2.75) is 13.3 Å². The van der Waals surface area contributed by atoms with E-state index in [-0.39, 0.29) is 5.91 Å². The molecule has 108 valence electrons. The van der Waals surface area contributed by atoms with Gasteiger partial charge in [-0.05, 0) is 12.5 Å². The van der Waals surface area contributed by atoms with Crippen LogP contribution in [0.4, 0.5) is 11.4 Å². The number of thiophene rings is 1. The molecule has 1 aromatic carbocycles. The summed E-state index contributed by atoms with van der Waals surface area (Å²) < 4.78 is 2.71. The van der Waals surface area contributed by atoms with E-state index in [2.05, 4.69) is 10.4 Å². The summed E-state index contributed by atoms with van der Waals surface area (Å²) in [4.78, 5) is 13.0. The van der Waals surface area contributed by atoms with Gasteiger partial charge < -0.3 is 11.1 Å². The van der Waals surface area contributed by atoms with Crippen LogP contribution < -0.4 is 11.1 Å². The molecule has 2 heterocycles. The molecule has 5 nitrogen and oxygen atoms in total. The van der Waals surface area contributed by atoms with Gasteiger partial charge in [-0.1, -0.05) is 25.1 Å². The van der Waals surface area contributed by atoms with Gasteiger partial charge in [0.2, 0.25) is 0 Å². The van der Waals surface area contributed by atoms with Gasteiger partial charge in [0.25, 0.3) is 5.91 Å². The Morgan fingerprint density at radius 2 is 2.19 bits per heavy atom. The van der Waals surface area contributed by atoms with E-state index in [1.807, 2.05) is 38.2 Å². The van der Waals surface area contributed by atoms with Crippen LogP contribution in [0.2, 0.25) is 0 Å². The number of hydrogen-bond donors (Lipinski definition) is 2. The summed E-state index contributed by atoms with van der Waals surface area (Å²) in [7, 11) is 1.84. The Balaban J connectivity index is 1.95. The number of carbonyl (C=O) groups excluding carboxylic acids is 1. The molecule has 0 fully saturated rings. The summed E-state index contributed by atoms with van der Waals surface area (Å²) in [6.07, 6.45) is 2.57. The number of aryl methyl sites for hydroxylation is 2. The molecule has 0 spiro atoms. The number of hydrogen-bond acceptors (Lipinski definition) is 4. The van der Waals surface area contributed by atoms with Crippen LogP contribution in [0.1, 0.15) is 22.3 Å². The number of amides is 1. The Bertz CT molecular complexity index is 818. The summed E-state index contributed by atoms with van der Waals surface area (Å²) >= 11 is 1.41. The molecular weight excluding hydrogens is 284 g/mol. The second kappa shape index (κ2) is 5.21. The quantitative estimate of drug-likeness (QED) is 0.781. The third-order valence-corrected chi connectivity index (χ3v) is 4.51. The normalized spacial score (nSPS) is 11.0. The number of nitrogen functional groups attached to an aromatic ring is 1. The van der Waals surface area contributed by atoms with E-state index in [0.717, 1.165) is 27.9 Å². The van der Waals surface area contributed by atoms with E-state index in [4.69, 9.17) is 5.73 Å². The lowest BCUT2D eigenvalue weighted by Crippen LogP contribution is -2.12. The molecule has 0 aliphatic carbocycles. The van der Waals surface area contributed by atoms with Crippen LogP contribution in [-0.2, 0) is 13.5 Å². The second-order valence-corrected chi connectivity index (χ2v) is 5.86. The predicted octanol–water partition coefficient (Wildman–Crippen LogP) is 3.03. The molecule has 3 N–H and O–H groups in total. The maximum absolute atomic E-state index is 12.5. The summed E-state index contributed by atoms with van der Waals surface area (Å²) in [5.41, 5.74) is 8.24. The van der Waals surface area contributed by atoms with Crippen molar-refractivity contribution in [1.29, 1.82) is 0 Å². The molecular formula is C15H16N4OS. The molecule has 2 aromatic heterocycles. The topological polar surface area (TPSA) is 72.9 Å². The average Bonchev–Trinajstić information content (AvgIpc) is 3.00. The van der Waals surface area contributed by atoms with Crippen LogP contribution in [0.5, 0.6) is 0 Å². The highest BCUT2D eigenvalue weighted by Gasteiger charge is 2.18. The lowest BCUT2D eigenvalue weighted by atomic mass is 10.2. The number of aromatic nitrogens is 2. The van der Waals surface area contributed by atoms with Crippen LogP contribution in [0.15, 0.2) is 30.5 Å². The fraction of sp³-hybridized carbons (Fsp3) is 0.200. The number of rotatable bonds is 3. The summed E-state index contributed by atoms with van der Waals surface area (Å²) in [5.74, 6) is -0.184. The fourth-order valence-corrected chi connectivity index (χ4v) is 3.33. The van der Waals surface area contributed by atoms with Gasteiger partial charge in [0.15, 0.2) is 0 Å². The number of nitrogens with two attached hydrogens (primary N) is 1. The van der Waals surface area contributed by atoms with Crippen LogP contribution in [0, 0.1) is 0 Å². The number of nitrogens with one attached hydrogen (secondary N) is 1. The first-order chi connectivity index (χ1) is 10.1. The molecule has 6 heteroatoms. The molecule has 0 unspecified atom stereocenters. The Kier molecular flexibility index (Phi) is 3.39. The van der Waals surface area contributed by atoms with Gasteiger partial charge in [-0.2, -0.15) is 5.10 Å². The molecule has 1 amide bonds. The number of carbonyl (C=O) groups is 1. The van der Waals surface area contributed by atoms with Crippen LogP contribution in [-0.4, -0.2) is 15.7 Å². The molecule has 3 rings (SSSR count). The Labute approximate surface area is 126 Å². The van der Waals surface area contributed by atoms with E-state index >= 15 is 0 Å². The molecule has 0 aliphatic rings. The highest BCUT2D eigenvalue weighted by molar-refractivity contribution is 7.21. The number of benzene rings is 1. The lowest BCUT2D eigenvalue weighted by molar-refractivity contribution is 0.103. The molecule has 0 saturated heterocycles. The SMILES string of the molecule is CCc1nn(C)cc1NC(=O)c1sc2ccccc2c1N. The van der Waals surface area contributed by atoms with Gasteiger partial charge in [-0.25, -0.2) is 0 Å². The maximum Gasteiger partial charge on any atom is 0.267 e. The zero-order valence-corrected chi connectivity index (χ0v) is 12.7. The Morgan fingerprint density at radius 3 is 2.90 bits per heavy atom. The smallest absolute Gasteiger partial charge is 0.267 e. The molecule has 0 saturated carbocycles. The first-order valence-electron chi connectivity index (χ1n) is 6.71. The van der Waals surface area contributed by atoms with Crippen LogP contribution >= 0.6 is 11.3 Å². The number of fused-ring (bicyclic) bond motifs is 1. The van der Waals surface area contributed by atoms with Crippen molar-refractivity contribution in [2.24, 2.45) is 7.05 Å². The first-order valence-corrected chi connectivity index (χ1v) is 7.52. The third kappa shape index (κ3) is 2.38. The zero-order valence-electron chi connectivity index (χ0n) is 11.9. The van der Waals surface area contributed by atoms with Gasteiger partial charge in [0.1, 0.15) is 4.88 Å². The minimum atomic E-state index is -0.184. The van der Waals surface area contributed by atoms with Crippen LogP contribution in [0.25, 0.3) is 10.1 Å². The summed E-state index contributed by atoms with van der Waals surface area (Å²) in [6, 6.07) is 7.76. The van der Waals surface area contributed by atoms with E-state index in [1.54, 1.807) is 10.9 Å². The first kappa shape index (κ1) is 13.6. The largest absolute Gasteiger partial charge is 0.397 e. The highest BCUT2D eigenvalue weighted by Crippen LogP contribution is 2.33. The summed E-state index contributed by atoms with van der Waals surface area (Å²) in [5, 5.41) is 8.15. The average molecular weight is 300 g/mol. The van der Waals surface area contributed by atoms with E-state index < -0.39 is 0 Å². The molecule has 0 atom stereocenters. The Hall–Kier alpha value is -2.34. The molecule has 3 aromatic rings. The monoisotopic (exact) mass is 300 g/mol. The molecule has 0 aliphatic heterocycles. The molecule has 0 radical (unpaired) electrons. The van der Waals surface area contributed by atoms with Crippen molar-refractivity contribution in [1.82, 2.24) is 9.78 Å². The molecule has 0 bridgehead atoms. The van der Waals surface area contributed by atoms with Crippen molar-refractivity contribution in [2.75, 3.05) is 11.1 Å². The van der Waals surface area contributed by atoms with Crippen molar-refractivity contribution in [3.63, 3.8) is 0 Å². The minimum Gasteiger partial charge on any atom is -0.397 e. The Morgan fingerprint density at radius 1 is 1.43 bits per heavy atom. The number of nitrogens with zero attached hydrogens (tertiary/aromatic N) is 2. The number of anilines is 2. The third-order valence-electron chi connectivity index (χ3n) is 3.33. The predicted molar refractivity (Wildman–Crippen MR) is 86.8 cm³/mol.